The lowest BCUT2D eigenvalue weighted by molar-refractivity contribution is -0.139. The molecule has 60 valence electrons. The number of nitriles is 1. The molecular weight excluding hydrogens is 144 g/mol. The van der Waals surface area contributed by atoms with Crippen LogP contribution in [0.25, 0.3) is 0 Å². The molecular formula is C7H10N2O2. The van der Waals surface area contributed by atoms with E-state index in [1.165, 1.54) is 6.08 Å². The number of rotatable bonds is 4. The Morgan fingerprint density at radius 3 is 2.73 bits per heavy atom. The summed E-state index contributed by atoms with van der Waals surface area (Å²) in [7, 11) is 0. The number of carboxylic acid groups (broad SMARTS) is 1. The molecule has 0 aliphatic rings. The predicted molar refractivity (Wildman–Crippen MR) is 39.5 cm³/mol. The van der Waals surface area contributed by atoms with Crippen molar-refractivity contribution in [3.63, 3.8) is 0 Å². The van der Waals surface area contributed by atoms with Gasteiger partial charge < -0.3 is 10.8 Å². The smallest absolute Gasteiger partial charge is 0.321 e. The van der Waals surface area contributed by atoms with Gasteiger partial charge in [0.25, 0.3) is 0 Å². The first kappa shape index (κ1) is 9.66. The van der Waals surface area contributed by atoms with Crippen molar-refractivity contribution in [2.75, 3.05) is 0 Å². The van der Waals surface area contributed by atoms with Gasteiger partial charge in [0.2, 0.25) is 0 Å². The van der Waals surface area contributed by atoms with Crippen LogP contribution in [0.1, 0.15) is 6.42 Å². The van der Waals surface area contributed by atoms with Gasteiger partial charge in [-0.3, -0.25) is 4.79 Å². The molecule has 0 aliphatic carbocycles. The van der Waals surface area contributed by atoms with Gasteiger partial charge in [-0.2, -0.15) is 5.26 Å². The molecule has 0 aliphatic heterocycles. The van der Waals surface area contributed by atoms with Crippen LogP contribution >= 0.6 is 0 Å². The van der Waals surface area contributed by atoms with Gasteiger partial charge in [0.15, 0.2) is 0 Å². The van der Waals surface area contributed by atoms with E-state index in [1.807, 2.05) is 0 Å². The number of carboxylic acids is 1. The molecule has 4 heteroatoms. The van der Waals surface area contributed by atoms with Crippen LogP contribution in [0, 0.1) is 17.2 Å². The molecule has 0 bridgehead atoms. The van der Waals surface area contributed by atoms with Crippen LogP contribution in [0.5, 0.6) is 0 Å². The molecule has 3 N–H and O–H groups in total. The van der Waals surface area contributed by atoms with Gasteiger partial charge in [-0.05, 0) is 6.42 Å². The molecule has 0 aromatic heterocycles. The number of allylic oxidation sites excluding steroid dienone is 1. The molecule has 0 spiro atoms. The topological polar surface area (TPSA) is 87.1 Å². The van der Waals surface area contributed by atoms with E-state index < -0.39 is 17.9 Å². The fourth-order valence-corrected chi connectivity index (χ4v) is 0.631. The van der Waals surface area contributed by atoms with Crippen LogP contribution in [0.3, 0.4) is 0 Å². The first-order chi connectivity index (χ1) is 5.13. The molecule has 0 heterocycles. The average molecular weight is 154 g/mol. The van der Waals surface area contributed by atoms with Crippen molar-refractivity contribution in [1.29, 1.82) is 5.26 Å². The number of aliphatic carboxylic acids is 1. The molecule has 0 aromatic rings. The van der Waals surface area contributed by atoms with Gasteiger partial charge in [0, 0.05) is 0 Å². The monoisotopic (exact) mass is 154 g/mol. The third-order valence-corrected chi connectivity index (χ3v) is 1.31. The maximum absolute atomic E-state index is 10.3. The fraction of sp³-hybridized carbons (Fsp3) is 0.429. The molecule has 11 heavy (non-hydrogen) atoms. The molecule has 0 saturated heterocycles. The van der Waals surface area contributed by atoms with Gasteiger partial charge >= 0.3 is 5.97 Å². The van der Waals surface area contributed by atoms with Crippen LogP contribution in [0.15, 0.2) is 12.7 Å². The highest BCUT2D eigenvalue weighted by Gasteiger charge is 2.22. The Hall–Kier alpha value is -1.34. The van der Waals surface area contributed by atoms with E-state index in [4.69, 9.17) is 16.1 Å². The highest BCUT2D eigenvalue weighted by molar-refractivity contribution is 5.74. The lowest BCUT2D eigenvalue weighted by Gasteiger charge is -2.09. The summed E-state index contributed by atoms with van der Waals surface area (Å²) >= 11 is 0. The molecule has 0 fully saturated rings. The Morgan fingerprint density at radius 2 is 2.45 bits per heavy atom. The van der Waals surface area contributed by atoms with E-state index in [2.05, 4.69) is 6.58 Å². The minimum Gasteiger partial charge on any atom is -0.480 e. The zero-order chi connectivity index (χ0) is 8.85. The van der Waals surface area contributed by atoms with E-state index in [0.717, 1.165) is 0 Å². The second-order valence-electron chi connectivity index (χ2n) is 2.12. The number of hydrogen-bond donors (Lipinski definition) is 2. The highest BCUT2D eigenvalue weighted by atomic mass is 16.4. The largest absolute Gasteiger partial charge is 0.480 e. The summed E-state index contributed by atoms with van der Waals surface area (Å²) in [6.07, 6.45) is 1.79. The summed E-state index contributed by atoms with van der Waals surface area (Å²) in [4.78, 5) is 10.3. The van der Waals surface area contributed by atoms with Crippen LogP contribution in [0.4, 0.5) is 0 Å². The average Bonchev–Trinajstić information content (AvgIpc) is 1.98. The third kappa shape index (κ3) is 2.83. The van der Waals surface area contributed by atoms with Gasteiger partial charge in [0.1, 0.15) is 6.04 Å². The van der Waals surface area contributed by atoms with E-state index in [-0.39, 0.29) is 0 Å². The van der Waals surface area contributed by atoms with Crippen molar-refractivity contribution < 1.29 is 9.90 Å². The maximum Gasteiger partial charge on any atom is 0.321 e. The molecule has 0 saturated carbocycles. The Bertz CT molecular complexity index is 195. The zero-order valence-electron chi connectivity index (χ0n) is 6.03. The Kier molecular flexibility index (Phi) is 3.93. The van der Waals surface area contributed by atoms with Crippen molar-refractivity contribution in [1.82, 2.24) is 0 Å². The fourth-order valence-electron chi connectivity index (χ4n) is 0.631. The number of carbonyl (C=O) groups is 1. The summed E-state index contributed by atoms with van der Waals surface area (Å²) in [5, 5.41) is 16.8. The quantitative estimate of drug-likeness (QED) is 0.563. The number of nitrogens with two attached hydrogens (primary N) is 1. The summed E-state index contributed by atoms with van der Waals surface area (Å²) in [5.74, 6) is -1.83. The van der Waals surface area contributed by atoms with Gasteiger partial charge in [-0.25, -0.2) is 0 Å². The second kappa shape index (κ2) is 4.47. The Labute approximate surface area is 64.9 Å². The maximum atomic E-state index is 10.3. The van der Waals surface area contributed by atoms with E-state index in [0.29, 0.717) is 6.42 Å². The minimum atomic E-state index is -1.15. The number of hydrogen-bond acceptors (Lipinski definition) is 3. The van der Waals surface area contributed by atoms with E-state index >= 15 is 0 Å². The van der Waals surface area contributed by atoms with Crippen LogP contribution in [-0.2, 0) is 4.79 Å². The Morgan fingerprint density at radius 1 is 1.91 bits per heavy atom. The molecule has 4 nitrogen and oxygen atoms in total. The van der Waals surface area contributed by atoms with Gasteiger partial charge in [-0.1, -0.05) is 6.08 Å². The minimum absolute atomic E-state index is 0.309. The van der Waals surface area contributed by atoms with Crippen LogP contribution in [0.2, 0.25) is 0 Å². The van der Waals surface area contributed by atoms with Crippen molar-refractivity contribution in [2.24, 2.45) is 11.7 Å². The summed E-state index contributed by atoms with van der Waals surface area (Å²) in [5.41, 5.74) is 5.19. The number of nitrogens with zero attached hydrogens (tertiary/aromatic N) is 1. The first-order valence-electron chi connectivity index (χ1n) is 3.12. The van der Waals surface area contributed by atoms with Crippen LogP contribution < -0.4 is 5.73 Å². The predicted octanol–water partition coefficient (Wildman–Crippen LogP) is 0.114. The molecule has 0 amide bonds. The van der Waals surface area contributed by atoms with Gasteiger partial charge in [0.05, 0.1) is 12.0 Å². The first-order valence-corrected chi connectivity index (χ1v) is 3.12. The van der Waals surface area contributed by atoms with E-state index in [9.17, 15) is 4.79 Å². The molecule has 0 radical (unpaired) electrons. The summed E-state index contributed by atoms with van der Waals surface area (Å²) in [6, 6.07) is 0.694. The lowest BCUT2D eigenvalue weighted by Crippen LogP contribution is -2.37. The summed E-state index contributed by atoms with van der Waals surface area (Å²) in [6.45, 7) is 3.39. The van der Waals surface area contributed by atoms with E-state index in [1.54, 1.807) is 6.07 Å². The van der Waals surface area contributed by atoms with Crippen molar-refractivity contribution >= 4 is 5.97 Å². The molecule has 0 rings (SSSR count). The van der Waals surface area contributed by atoms with Crippen molar-refractivity contribution in [2.45, 2.75) is 12.5 Å². The highest BCUT2D eigenvalue weighted by Crippen LogP contribution is 2.06. The van der Waals surface area contributed by atoms with Gasteiger partial charge in [-0.15, -0.1) is 6.58 Å². The normalized spacial score (nSPS) is 14.5. The zero-order valence-corrected chi connectivity index (χ0v) is 6.03. The van der Waals surface area contributed by atoms with Crippen LogP contribution in [-0.4, -0.2) is 17.1 Å². The summed E-state index contributed by atoms with van der Waals surface area (Å²) < 4.78 is 0. The molecule has 0 aromatic carbocycles. The molecule has 0 unspecified atom stereocenters. The molecule has 2 atom stereocenters. The van der Waals surface area contributed by atoms with Crippen molar-refractivity contribution in [3.05, 3.63) is 12.7 Å². The van der Waals surface area contributed by atoms with Crippen molar-refractivity contribution in [3.8, 4) is 6.07 Å². The second-order valence-corrected chi connectivity index (χ2v) is 2.12. The lowest BCUT2D eigenvalue weighted by atomic mass is 9.99. The standard InChI is InChI=1S/C7H10N2O2/c1-2-3-5(4-8)6(9)7(10)11/h2,5-6H,1,3,9H2,(H,10,11)/t5-,6-/m0/s1. The SMILES string of the molecule is C=CC[C@@H](C#N)[C@H](N)C(=O)O. The Balaban J connectivity index is 4.15. The third-order valence-electron chi connectivity index (χ3n) is 1.31.